The van der Waals surface area contributed by atoms with Gasteiger partial charge in [0.2, 0.25) is 15.9 Å². The van der Waals surface area contributed by atoms with Crippen molar-refractivity contribution in [1.29, 1.82) is 0 Å². The van der Waals surface area contributed by atoms with Gasteiger partial charge in [0.05, 0.1) is 4.90 Å². The molecule has 1 aliphatic heterocycles. The lowest BCUT2D eigenvalue weighted by atomic mass is 10.2. The number of hydrogen-bond acceptors (Lipinski definition) is 4. The molecule has 0 saturated carbocycles. The fourth-order valence-corrected chi connectivity index (χ4v) is 4.48. The summed E-state index contributed by atoms with van der Waals surface area (Å²) in [6, 6.07) is 12.8. The first-order valence-electron chi connectivity index (χ1n) is 8.70. The van der Waals surface area contributed by atoms with Gasteiger partial charge in [-0.25, -0.2) is 12.8 Å². The lowest BCUT2D eigenvalue weighted by Gasteiger charge is -2.34. The lowest BCUT2D eigenvalue weighted by molar-refractivity contribution is -0.114. The fraction of sp³-hybridized carbons (Fsp3) is 0.316. The van der Waals surface area contributed by atoms with Crippen LogP contribution in [0.15, 0.2) is 53.4 Å². The minimum atomic E-state index is -3.59. The van der Waals surface area contributed by atoms with E-state index in [4.69, 9.17) is 0 Å². The third kappa shape index (κ3) is 4.71. The Hall–Kier alpha value is -2.29. The first-order valence-corrected chi connectivity index (χ1v) is 10.1. The Kier molecular flexibility index (Phi) is 5.88. The Labute approximate surface area is 158 Å². The maximum Gasteiger partial charge on any atom is 0.243 e. The van der Waals surface area contributed by atoms with Gasteiger partial charge in [-0.05, 0) is 30.3 Å². The number of benzene rings is 2. The third-order valence-electron chi connectivity index (χ3n) is 4.50. The van der Waals surface area contributed by atoms with Crippen molar-refractivity contribution in [2.75, 3.05) is 31.5 Å². The molecule has 0 unspecified atom stereocenters. The van der Waals surface area contributed by atoms with Gasteiger partial charge in [-0.15, -0.1) is 0 Å². The lowest BCUT2D eigenvalue weighted by Crippen LogP contribution is -2.48. The number of rotatable bonds is 5. The molecule has 6 nitrogen and oxygen atoms in total. The molecule has 0 aliphatic carbocycles. The van der Waals surface area contributed by atoms with E-state index in [0.29, 0.717) is 44.0 Å². The Bertz CT molecular complexity index is 908. The van der Waals surface area contributed by atoms with Gasteiger partial charge in [0.25, 0.3) is 0 Å². The Morgan fingerprint density at radius 2 is 1.67 bits per heavy atom. The average molecular weight is 391 g/mol. The van der Waals surface area contributed by atoms with Gasteiger partial charge in [-0.3, -0.25) is 9.69 Å². The van der Waals surface area contributed by atoms with Gasteiger partial charge < -0.3 is 5.32 Å². The smallest absolute Gasteiger partial charge is 0.243 e. The molecule has 2 aromatic carbocycles. The zero-order valence-corrected chi connectivity index (χ0v) is 15.9. The molecule has 1 aliphatic rings. The summed E-state index contributed by atoms with van der Waals surface area (Å²) in [6.45, 7) is 3.64. The van der Waals surface area contributed by atoms with E-state index in [0.717, 1.165) is 0 Å². The van der Waals surface area contributed by atoms with Gasteiger partial charge in [0.1, 0.15) is 5.82 Å². The van der Waals surface area contributed by atoms with Crippen molar-refractivity contribution in [3.63, 3.8) is 0 Å². The summed E-state index contributed by atoms with van der Waals surface area (Å²) in [5.74, 6) is -0.455. The van der Waals surface area contributed by atoms with Crippen LogP contribution in [0.3, 0.4) is 0 Å². The molecule has 0 atom stereocenters. The summed E-state index contributed by atoms with van der Waals surface area (Å²) in [6.07, 6.45) is 0. The summed E-state index contributed by atoms with van der Waals surface area (Å²) < 4.78 is 40.8. The molecule has 0 spiro atoms. The van der Waals surface area contributed by atoms with Crippen molar-refractivity contribution < 1.29 is 17.6 Å². The molecule has 8 heteroatoms. The largest absolute Gasteiger partial charge is 0.326 e. The van der Waals surface area contributed by atoms with E-state index in [1.54, 1.807) is 30.3 Å². The van der Waals surface area contributed by atoms with Gasteiger partial charge in [-0.2, -0.15) is 4.31 Å². The van der Waals surface area contributed by atoms with Gasteiger partial charge in [-0.1, -0.05) is 18.2 Å². The second-order valence-corrected chi connectivity index (χ2v) is 8.42. The molecule has 3 rings (SSSR count). The first kappa shape index (κ1) is 19.5. The molecule has 0 radical (unpaired) electrons. The number of carbonyl (C=O) groups is 1. The highest BCUT2D eigenvalue weighted by Crippen LogP contribution is 2.21. The van der Waals surface area contributed by atoms with Gasteiger partial charge in [0.15, 0.2) is 0 Å². The van der Waals surface area contributed by atoms with E-state index in [1.807, 2.05) is 4.90 Å². The number of piperazine rings is 1. The van der Waals surface area contributed by atoms with Crippen LogP contribution < -0.4 is 5.32 Å². The standard InChI is InChI=1S/C19H22FN3O3S/c1-15(24)21-17-6-8-18(9-7-17)27(25,26)23-12-10-22(11-13-23)14-16-4-2-3-5-19(16)20/h2-9H,10-14H2,1H3,(H,21,24). The molecule has 1 saturated heterocycles. The molecule has 1 fully saturated rings. The molecule has 0 bridgehead atoms. The van der Waals surface area contributed by atoms with Crippen molar-refractivity contribution in [3.8, 4) is 0 Å². The maximum absolute atomic E-state index is 13.8. The van der Waals surface area contributed by atoms with Crippen LogP contribution in [0.1, 0.15) is 12.5 Å². The minimum absolute atomic E-state index is 0.194. The predicted octanol–water partition coefficient (Wildman–Crippen LogP) is 2.29. The minimum Gasteiger partial charge on any atom is -0.326 e. The van der Waals surface area contributed by atoms with Gasteiger partial charge in [0, 0.05) is 50.9 Å². The summed E-state index contributed by atoms with van der Waals surface area (Å²) in [5.41, 5.74) is 1.17. The SMILES string of the molecule is CC(=O)Nc1ccc(S(=O)(=O)N2CCN(Cc3ccccc3F)CC2)cc1. The Morgan fingerprint density at radius 1 is 1.04 bits per heavy atom. The number of halogens is 1. The average Bonchev–Trinajstić information content (AvgIpc) is 2.64. The third-order valence-corrected chi connectivity index (χ3v) is 6.41. The zero-order valence-electron chi connectivity index (χ0n) is 15.1. The van der Waals surface area contributed by atoms with Crippen LogP contribution in [0.5, 0.6) is 0 Å². The van der Waals surface area contributed by atoms with Crippen LogP contribution in [0.4, 0.5) is 10.1 Å². The zero-order chi connectivity index (χ0) is 19.4. The Balaban J connectivity index is 1.62. The molecule has 1 heterocycles. The summed E-state index contributed by atoms with van der Waals surface area (Å²) >= 11 is 0. The quantitative estimate of drug-likeness (QED) is 0.849. The van der Waals surface area contributed by atoms with E-state index in [2.05, 4.69) is 5.32 Å². The summed E-state index contributed by atoms with van der Waals surface area (Å²) in [4.78, 5) is 13.3. The highest BCUT2D eigenvalue weighted by molar-refractivity contribution is 7.89. The van der Waals surface area contributed by atoms with Crippen LogP contribution in [-0.2, 0) is 21.4 Å². The number of nitrogens with one attached hydrogen (secondary N) is 1. The van der Waals surface area contributed by atoms with Crippen molar-refractivity contribution >= 4 is 21.6 Å². The first-order chi connectivity index (χ1) is 12.9. The predicted molar refractivity (Wildman–Crippen MR) is 101 cm³/mol. The summed E-state index contributed by atoms with van der Waals surface area (Å²) in [5, 5.41) is 2.61. The monoisotopic (exact) mass is 391 g/mol. The number of anilines is 1. The molecule has 144 valence electrons. The maximum atomic E-state index is 13.8. The Morgan fingerprint density at radius 3 is 2.26 bits per heavy atom. The van der Waals surface area contributed by atoms with Crippen LogP contribution in [0.2, 0.25) is 0 Å². The van der Waals surface area contributed by atoms with E-state index in [1.165, 1.54) is 29.4 Å². The molecule has 0 aromatic heterocycles. The van der Waals surface area contributed by atoms with E-state index >= 15 is 0 Å². The van der Waals surface area contributed by atoms with Gasteiger partial charge >= 0.3 is 0 Å². The van der Waals surface area contributed by atoms with Crippen LogP contribution >= 0.6 is 0 Å². The number of carbonyl (C=O) groups excluding carboxylic acids is 1. The molecule has 27 heavy (non-hydrogen) atoms. The van der Waals surface area contributed by atoms with E-state index < -0.39 is 10.0 Å². The fourth-order valence-electron chi connectivity index (χ4n) is 3.06. The number of amides is 1. The second-order valence-electron chi connectivity index (χ2n) is 6.48. The molecular formula is C19H22FN3O3S. The van der Waals surface area contributed by atoms with Crippen molar-refractivity contribution in [1.82, 2.24) is 9.21 Å². The highest BCUT2D eigenvalue weighted by Gasteiger charge is 2.28. The van der Waals surface area contributed by atoms with Crippen molar-refractivity contribution in [2.24, 2.45) is 0 Å². The molecule has 1 N–H and O–H groups in total. The number of hydrogen-bond donors (Lipinski definition) is 1. The van der Waals surface area contributed by atoms with E-state index in [9.17, 15) is 17.6 Å². The highest BCUT2D eigenvalue weighted by atomic mass is 32.2. The van der Waals surface area contributed by atoms with E-state index in [-0.39, 0.29) is 16.6 Å². The number of sulfonamides is 1. The second kappa shape index (κ2) is 8.16. The molecule has 1 amide bonds. The molecule has 2 aromatic rings. The number of nitrogens with zero attached hydrogens (tertiary/aromatic N) is 2. The van der Waals surface area contributed by atoms with Crippen molar-refractivity contribution in [3.05, 3.63) is 59.9 Å². The summed E-state index contributed by atoms with van der Waals surface area (Å²) in [7, 11) is -3.59. The topological polar surface area (TPSA) is 69.7 Å². The normalized spacial score (nSPS) is 16.2. The van der Waals surface area contributed by atoms with Crippen molar-refractivity contribution in [2.45, 2.75) is 18.4 Å². The van der Waals surface area contributed by atoms with Crippen LogP contribution in [-0.4, -0.2) is 49.7 Å². The molecular weight excluding hydrogens is 369 g/mol. The van der Waals surface area contributed by atoms with Crippen LogP contribution in [0, 0.1) is 5.82 Å². The van der Waals surface area contributed by atoms with Crippen LogP contribution in [0.25, 0.3) is 0 Å².